The molecule has 152 valence electrons. The number of halogens is 1. The number of amides is 1. The third kappa shape index (κ3) is 3.52. The molecule has 1 saturated heterocycles. The lowest BCUT2D eigenvalue weighted by molar-refractivity contribution is 0.0776. The lowest BCUT2D eigenvalue weighted by Gasteiger charge is -2.16. The van der Waals surface area contributed by atoms with E-state index in [2.05, 4.69) is 4.98 Å². The number of fused-ring (bicyclic) bond motifs is 1. The number of methoxy groups -OCH3 is 2. The minimum Gasteiger partial charge on any atom is -0.493 e. The zero-order valence-electron chi connectivity index (χ0n) is 16.8. The highest BCUT2D eigenvalue weighted by atomic mass is 19.1. The van der Waals surface area contributed by atoms with Gasteiger partial charge in [0.2, 0.25) is 5.95 Å². The molecule has 0 bridgehead atoms. The second kappa shape index (κ2) is 7.73. The first-order chi connectivity index (χ1) is 14.0. The van der Waals surface area contributed by atoms with Gasteiger partial charge in [-0.2, -0.15) is 4.39 Å². The number of rotatable bonds is 5. The predicted octanol–water partition coefficient (Wildman–Crippen LogP) is 3.50. The van der Waals surface area contributed by atoms with Crippen LogP contribution < -0.4 is 9.47 Å². The zero-order chi connectivity index (χ0) is 20.5. The maximum Gasteiger partial charge on any atom is 0.277 e. The average molecular weight is 397 g/mol. The van der Waals surface area contributed by atoms with Crippen LogP contribution >= 0.6 is 0 Å². The number of hydrogen-bond donors (Lipinski definition) is 0. The first kappa shape index (κ1) is 19.2. The van der Waals surface area contributed by atoms with Crippen LogP contribution in [0.15, 0.2) is 36.4 Å². The fraction of sp³-hybridized carbons (Fsp3) is 0.364. The summed E-state index contributed by atoms with van der Waals surface area (Å²) < 4.78 is 26.8. The number of likely N-dealkylation sites (tertiary alicyclic amines) is 1. The van der Waals surface area contributed by atoms with E-state index in [1.54, 1.807) is 44.2 Å². The van der Waals surface area contributed by atoms with Crippen LogP contribution in [0.2, 0.25) is 0 Å². The molecule has 1 amide bonds. The standard InChI is InChI=1S/C22H24FN3O3/c1-14-5-4-6-19-24-20(21(23)26(14)19)22(27)25-10-9-16(13-25)11-15-7-8-17(28-2)18(12-15)29-3/h4-8,12,16H,9-11,13H2,1-3H3. The first-order valence-electron chi connectivity index (χ1n) is 9.65. The van der Waals surface area contributed by atoms with Crippen LogP contribution in [0.3, 0.4) is 0 Å². The molecular weight excluding hydrogens is 373 g/mol. The van der Waals surface area contributed by atoms with Crippen LogP contribution in [0.4, 0.5) is 4.39 Å². The molecule has 2 aromatic heterocycles. The van der Waals surface area contributed by atoms with Gasteiger partial charge < -0.3 is 14.4 Å². The van der Waals surface area contributed by atoms with Crippen LogP contribution in [0.1, 0.15) is 28.2 Å². The highest BCUT2D eigenvalue weighted by Crippen LogP contribution is 2.30. The van der Waals surface area contributed by atoms with Crippen molar-refractivity contribution in [3.05, 3.63) is 59.3 Å². The summed E-state index contributed by atoms with van der Waals surface area (Å²) in [4.78, 5) is 18.8. The molecule has 3 aromatic rings. The molecule has 1 atom stereocenters. The van der Waals surface area contributed by atoms with E-state index in [9.17, 15) is 9.18 Å². The monoisotopic (exact) mass is 397 g/mol. The van der Waals surface area contributed by atoms with Crippen molar-refractivity contribution in [2.75, 3.05) is 27.3 Å². The molecule has 0 aliphatic carbocycles. The fourth-order valence-corrected chi connectivity index (χ4v) is 4.02. The number of pyridine rings is 1. The van der Waals surface area contributed by atoms with Gasteiger partial charge in [-0.3, -0.25) is 9.20 Å². The van der Waals surface area contributed by atoms with E-state index in [1.807, 2.05) is 18.2 Å². The van der Waals surface area contributed by atoms with Crippen LogP contribution in [0.25, 0.3) is 5.65 Å². The third-order valence-corrected chi connectivity index (χ3v) is 5.53. The smallest absolute Gasteiger partial charge is 0.277 e. The number of ether oxygens (including phenoxy) is 2. The molecule has 29 heavy (non-hydrogen) atoms. The number of carbonyl (C=O) groups excluding carboxylic acids is 1. The Morgan fingerprint density at radius 3 is 2.72 bits per heavy atom. The fourth-order valence-electron chi connectivity index (χ4n) is 4.02. The molecule has 1 aliphatic rings. The van der Waals surface area contributed by atoms with E-state index < -0.39 is 5.95 Å². The summed E-state index contributed by atoms with van der Waals surface area (Å²) in [7, 11) is 3.22. The van der Waals surface area contributed by atoms with Gasteiger partial charge in [-0.1, -0.05) is 12.1 Å². The molecule has 0 spiro atoms. The van der Waals surface area contributed by atoms with Gasteiger partial charge in [-0.05, 0) is 55.5 Å². The Morgan fingerprint density at radius 2 is 2.00 bits per heavy atom. The van der Waals surface area contributed by atoms with Gasteiger partial charge in [0, 0.05) is 18.8 Å². The third-order valence-electron chi connectivity index (χ3n) is 5.53. The summed E-state index contributed by atoms with van der Waals surface area (Å²) in [6, 6.07) is 11.2. The molecule has 1 fully saturated rings. The van der Waals surface area contributed by atoms with Crippen molar-refractivity contribution in [1.82, 2.24) is 14.3 Å². The molecule has 1 aromatic carbocycles. The summed E-state index contributed by atoms with van der Waals surface area (Å²) in [5, 5.41) is 0. The van der Waals surface area contributed by atoms with Crippen molar-refractivity contribution in [2.45, 2.75) is 19.8 Å². The Kier molecular flexibility index (Phi) is 5.13. The molecule has 0 radical (unpaired) electrons. The zero-order valence-corrected chi connectivity index (χ0v) is 16.8. The van der Waals surface area contributed by atoms with E-state index in [1.165, 1.54) is 4.40 Å². The lowest BCUT2D eigenvalue weighted by atomic mass is 9.98. The topological polar surface area (TPSA) is 56.1 Å². The van der Waals surface area contributed by atoms with E-state index in [0.717, 1.165) is 18.4 Å². The van der Waals surface area contributed by atoms with Gasteiger partial charge in [0.15, 0.2) is 17.2 Å². The maximum atomic E-state index is 14.8. The van der Waals surface area contributed by atoms with E-state index >= 15 is 0 Å². The highest BCUT2D eigenvalue weighted by Gasteiger charge is 2.31. The Hall–Kier alpha value is -3.09. The summed E-state index contributed by atoms with van der Waals surface area (Å²) in [5.41, 5.74) is 2.17. The second-order valence-electron chi connectivity index (χ2n) is 7.41. The SMILES string of the molecule is COc1ccc(CC2CCN(C(=O)c3nc4cccc(C)n4c3F)C2)cc1OC. The van der Waals surface area contributed by atoms with Crippen molar-refractivity contribution in [3.8, 4) is 11.5 Å². The van der Waals surface area contributed by atoms with E-state index in [0.29, 0.717) is 41.8 Å². The van der Waals surface area contributed by atoms with Gasteiger partial charge in [0.25, 0.3) is 5.91 Å². The molecule has 0 saturated carbocycles. The normalized spacial score (nSPS) is 16.4. The Morgan fingerprint density at radius 1 is 1.21 bits per heavy atom. The number of aryl methyl sites for hydroxylation is 1. The van der Waals surface area contributed by atoms with Crippen molar-refractivity contribution < 1.29 is 18.7 Å². The minimum atomic E-state index is -0.591. The van der Waals surface area contributed by atoms with E-state index in [4.69, 9.17) is 9.47 Å². The quantitative estimate of drug-likeness (QED) is 0.661. The Balaban J connectivity index is 1.48. The van der Waals surface area contributed by atoms with Crippen LogP contribution in [0.5, 0.6) is 11.5 Å². The summed E-state index contributed by atoms with van der Waals surface area (Å²) >= 11 is 0. The van der Waals surface area contributed by atoms with Gasteiger partial charge in [-0.25, -0.2) is 4.98 Å². The summed E-state index contributed by atoms with van der Waals surface area (Å²) in [5.74, 6) is 0.751. The molecular formula is C22H24FN3O3. The molecule has 0 N–H and O–H groups in total. The lowest BCUT2D eigenvalue weighted by Crippen LogP contribution is -2.30. The van der Waals surface area contributed by atoms with Crippen LogP contribution in [-0.4, -0.2) is 47.5 Å². The summed E-state index contributed by atoms with van der Waals surface area (Å²) in [6.45, 7) is 2.98. The molecule has 6 nitrogen and oxygen atoms in total. The second-order valence-corrected chi connectivity index (χ2v) is 7.41. The maximum absolute atomic E-state index is 14.8. The Bertz CT molecular complexity index is 1060. The Labute approximate surface area is 168 Å². The van der Waals surface area contributed by atoms with Gasteiger partial charge >= 0.3 is 0 Å². The molecule has 3 heterocycles. The molecule has 1 aliphatic heterocycles. The van der Waals surface area contributed by atoms with Crippen molar-refractivity contribution in [2.24, 2.45) is 5.92 Å². The number of benzene rings is 1. The molecule has 4 rings (SSSR count). The highest BCUT2D eigenvalue weighted by molar-refractivity contribution is 5.93. The van der Waals surface area contributed by atoms with Crippen molar-refractivity contribution in [1.29, 1.82) is 0 Å². The molecule has 7 heteroatoms. The van der Waals surface area contributed by atoms with Gasteiger partial charge in [-0.15, -0.1) is 0 Å². The van der Waals surface area contributed by atoms with Gasteiger partial charge in [0.05, 0.1) is 14.2 Å². The van der Waals surface area contributed by atoms with Crippen molar-refractivity contribution >= 4 is 11.6 Å². The number of hydrogen-bond acceptors (Lipinski definition) is 4. The average Bonchev–Trinajstić information content (AvgIpc) is 3.32. The number of aromatic nitrogens is 2. The van der Waals surface area contributed by atoms with Gasteiger partial charge in [0.1, 0.15) is 5.65 Å². The van der Waals surface area contributed by atoms with Crippen molar-refractivity contribution in [3.63, 3.8) is 0 Å². The van der Waals surface area contributed by atoms with Crippen LogP contribution in [-0.2, 0) is 6.42 Å². The number of imidazole rings is 1. The largest absolute Gasteiger partial charge is 0.493 e. The number of carbonyl (C=O) groups is 1. The van der Waals surface area contributed by atoms with Crippen LogP contribution in [0, 0.1) is 18.8 Å². The summed E-state index contributed by atoms with van der Waals surface area (Å²) in [6.07, 6.45) is 1.69. The number of nitrogens with zero attached hydrogens (tertiary/aromatic N) is 3. The molecule has 1 unspecified atom stereocenters. The predicted molar refractivity (Wildman–Crippen MR) is 107 cm³/mol. The first-order valence-corrected chi connectivity index (χ1v) is 9.65. The minimum absolute atomic E-state index is 0.105. The van der Waals surface area contributed by atoms with E-state index in [-0.39, 0.29) is 11.6 Å².